The minimum Gasteiger partial charge on any atom is -0.494 e. The average molecular weight is 547 g/mol. The van der Waals surface area contributed by atoms with Crippen molar-refractivity contribution in [2.75, 3.05) is 18.5 Å². The predicted octanol–water partition coefficient (Wildman–Crippen LogP) is 9.79. The van der Waals surface area contributed by atoms with Gasteiger partial charge in [-0.2, -0.15) is 0 Å². The van der Waals surface area contributed by atoms with Gasteiger partial charge in [0.05, 0.1) is 29.1 Å². The summed E-state index contributed by atoms with van der Waals surface area (Å²) in [4.78, 5) is 4.52. The molecule has 0 radical (unpaired) electrons. The Kier molecular flexibility index (Phi) is 12.4. The van der Waals surface area contributed by atoms with Crippen LogP contribution in [0.25, 0.3) is 10.2 Å². The summed E-state index contributed by atoms with van der Waals surface area (Å²) in [6, 6.07) is 13.6. The number of benzene rings is 2. The molecule has 0 aliphatic carbocycles. The zero-order valence-electron chi connectivity index (χ0n) is 20.2. The molecule has 34 heavy (non-hydrogen) atoms. The first-order valence-electron chi connectivity index (χ1n) is 12.5. The van der Waals surface area contributed by atoms with Gasteiger partial charge in [-0.25, -0.2) is 4.98 Å². The number of hydrogen-bond acceptors (Lipinski definition) is 6. The van der Waals surface area contributed by atoms with Crippen LogP contribution in [0.5, 0.6) is 11.5 Å². The maximum absolute atomic E-state index is 5.88. The summed E-state index contributed by atoms with van der Waals surface area (Å²) in [7, 11) is 0. The highest BCUT2D eigenvalue weighted by Crippen LogP contribution is 2.32. The van der Waals surface area contributed by atoms with Crippen LogP contribution < -0.4 is 9.47 Å². The van der Waals surface area contributed by atoms with E-state index in [1.54, 1.807) is 0 Å². The number of thiazole rings is 1. The number of hydrogen-bond donors (Lipinski definition) is 0. The van der Waals surface area contributed by atoms with Crippen molar-refractivity contribution in [3.05, 3.63) is 42.5 Å². The van der Waals surface area contributed by atoms with Crippen molar-refractivity contribution >= 4 is 48.3 Å². The Bertz CT molecular complexity index is 991. The Morgan fingerprint density at radius 1 is 0.765 bits per heavy atom. The van der Waals surface area contributed by atoms with E-state index in [0.717, 1.165) is 45.8 Å². The Morgan fingerprint density at radius 2 is 1.41 bits per heavy atom. The fourth-order valence-corrected chi connectivity index (χ4v) is 4.91. The van der Waals surface area contributed by atoms with Crippen LogP contribution in [0.1, 0.15) is 71.1 Å². The van der Waals surface area contributed by atoms with Crippen LogP contribution >= 0.6 is 27.3 Å². The fourth-order valence-electron chi connectivity index (χ4n) is 3.70. The lowest BCUT2D eigenvalue weighted by Crippen LogP contribution is -1.96. The van der Waals surface area contributed by atoms with Gasteiger partial charge in [0.2, 0.25) is 5.13 Å². The summed E-state index contributed by atoms with van der Waals surface area (Å²) < 4.78 is 12.5. The van der Waals surface area contributed by atoms with Crippen molar-refractivity contribution in [3.63, 3.8) is 0 Å². The number of fused-ring (bicyclic) bond motifs is 1. The summed E-state index contributed by atoms with van der Waals surface area (Å²) in [5.41, 5.74) is 1.70. The van der Waals surface area contributed by atoms with E-state index < -0.39 is 0 Å². The largest absolute Gasteiger partial charge is 0.494 e. The van der Waals surface area contributed by atoms with Crippen molar-refractivity contribution in [3.8, 4) is 11.5 Å². The highest BCUT2D eigenvalue weighted by atomic mass is 79.9. The summed E-state index contributed by atoms with van der Waals surface area (Å²) >= 11 is 5.00. The van der Waals surface area contributed by atoms with E-state index in [1.165, 1.54) is 69.1 Å². The van der Waals surface area contributed by atoms with Crippen LogP contribution in [0.2, 0.25) is 0 Å². The minimum absolute atomic E-state index is 0.638. The molecule has 0 aliphatic rings. The molecule has 1 heterocycles. The van der Waals surface area contributed by atoms with E-state index in [4.69, 9.17) is 9.47 Å². The van der Waals surface area contributed by atoms with Crippen molar-refractivity contribution < 1.29 is 9.47 Å². The summed E-state index contributed by atoms with van der Waals surface area (Å²) in [5, 5.41) is 10.4. The van der Waals surface area contributed by atoms with Gasteiger partial charge in [-0.3, -0.25) is 0 Å². The molecule has 0 bridgehead atoms. The maximum atomic E-state index is 5.88. The number of unbranched alkanes of at least 4 members (excludes halogenated alkanes) is 9. The van der Waals surface area contributed by atoms with Crippen LogP contribution in [0.4, 0.5) is 10.8 Å². The van der Waals surface area contributed by atoms with Gasteiger partial charge in [-0.1, -0.05) is 78.6 Å². The maximum Gasteiger partial charge on any atom is 0.231 e. The Morgan fingerprint density at radius 3 is 2.09 bits per heavy atom. The van der Waals surface area contributed by atoms with Gasteiger partial charge in [-0.15, -0.1) is 10.2 Å². The van der Waals surface area contributed by atoms with E-state index in [9.17, 15) is 0 Å². The molecule has 7 heteroatoms. The molecule has 0 amide bonds. The first-order chi connectivity index (χ1) is 16.8. The molecule has 0 atom stereocenters. The molecule has 0 spiro atoms. The minimum atomic E-state index is 0.638. The molecule has 5 nitrogen and oxygen atoms in total. The summed E-state index contributed by atoms with van der Waals surface area (Å²) in [5.74, 6) is 1.73. The summed E-state index contributed by atoms with van der Waals surface area (Å²) in [6.07, 6.45) is 13.2. The fraction of sp³-hybridized carbons (Fsp3) is 0.519. The number of alkyl halides is 1. The van der Waals surface area contributed by atoms with Crippen molar-refractivity contribution in [1.29, 1.82) is 0 Å². The van der Waals surface area contributed by atoms with Crippen molar-refractivity contribution in [2.24, 2.45) is 10.2 Å². The third-order valence-corrected chi connectivity index (χ3v) is 7.01. The molecule has 2 aromatic carbocycles. The smallest absolute Gasteiger partial charge is 0.231 e. The lowest BCUT2D eigenvalue weighted by Gasteiger charge is -2.06. The van der Waals surface area contributed by atoms with Gasteiger partial charge in [0.15, 0.2) is 0 Å². The van der Waals surface area contributed by atoms with E-state index >= 15 is 0 Å². The molecule has 0 unspecified atom stereocenters. The van der Waals surface area contributed by atoms with Crippen molar-refractivity contribution in [1.82, 2.24) is 4.98 Å². The molecule has 184 valence electrons. The number of rotatable bonds is 17. The number of aromatic nitrogens is 1. The third-order valence-electron chi connectivity index (χ3n) is 5.54. The van der Waals surface area contributed by atoms with Crippen LogP contribution in [0, 0.1) is 0 Å². The van der Waals surface area contributed by atoms with Gasteiger partial charge in [0.1, 0.15) is 11.5 Å². The Labute approximate surface area is 216 Å². The summed E-state index contributed by atoms with van der Waals surface area (Å²) in [6.45, 7) is 3.39. The number of halogens is 1. The van der Waals surface area contributed by atoms with Gasteiger partial charge in [0, 0.05) is 5.33 Å². The molecule has 3 rings (SSSR count). The Hall–Kier alpha value is -1.99. The molecule has 0 aliphatic heterocycles. The second-order valence-corrected chi connectivity index (χ2v) is 10.1. The second kappa shape index (κ2) is 15.8. The highest BCUT2D eigenvalue weighted by molar-refractivity contribution is 9.09. The Balaban J connectivity index is 1.31. The van der Waals surface area contributed by atoms with Crippen LogP contribution in [0.3, 0.4) is 0 Å². The van der Waals surface area contributed by atoms with Crippen molar-refractivity contribution in [2.45, 2.75) is 71.1 Å². The van der Waals surface area contributed by atoms with Crippen LogP contribution in [0.15, 0.2) is 52.7 Å². The van der Waals surface area contributed by atoms with E-state index in [1.807, 2.05) is 49.4 Å². The van der Waals surface area contributed by atoms with E-state index in [2.05, 4.69) is 31.1 Å². The molecule has 0 fully saturated rings. The molecule has 0 N–H and O–H groups in total. The standard InChI is InChI=1S/C27H36BrN3O2S/c1-2-32-24-17-18-25-26(21-24)34-27(29-25)31-30-22-13-15-23(16-14-22)33-20-12-10-8-6-4-3-5-7-9-11-19-28/h13-18,21H,2-12,19-20H2,1H3. The first-order valence-corrected chi connectivity index (χ1v) is 14.5. The van der Waals surface area contributed by atoms with Crippen LogP contribution in [-0.4, -0.2) is 23.5 Å². The normalized spacial score (nSPS) is 11.5. The lowest BCUT2D eigenvalue weighted by atomic mass is 10.1. The van der Waals surface area contributed by atoms with E-state index in [0.29, 0.717) is 11.7 Å². The van der Waals surface area contributed by atoms with Gasteiger partial charge in [0.25, 0.3) is 0 Å². The van der Waals surface area contributed by atoms with Gasteiger partial charge in [-0.05, 0) is 62.2 Å². The molecule has 1 aromatic heterocycles. The quantitative estimate of drug-likeness (QED) is 0.0962. The monoisotopic (exact) mass is 545 g/mol. The SMILES string of the molecule is CCOc1ccc2nc(N=Nc3ccc(OCCCCCCCCCCCCBr)cc3)sc2c1. The zero-order valence-corrected chi connectivity index (χ0v) is 22.6. The van der Waals surface area contributed by atoms with Gasteiger partial charge >= 0.3 is 0 Å². The van der Waals surface area contributed by atoms with E-state index in [-0.39, 0.29) is 0 Å². The highest BCUT2D eigenvalue weighted by Gasteiger charge is 2.05. The third kappa shape index (κ3) is 9.71. The van der Waals surface area contributed by atoms with Crippen LogP contribution in [-0.2, 0) is 0 Å². The molecule has 3 aromatic rings. The van der Waals surface area contributed by atoms with Gasteiger partial charge < -0.3 is 9.47 Å². The first kappa shape index (κ1) is 26.6. The molecular weight excluding hydrogens is 510 g/mol. The topological polar surface area (TPSA) is 56.1 Å². The number of nitrogens with zero attached hydrogens (tertiary/aromatic N) is 3. The lowest BCUT2D eigenvalue weighted by molar-refractivity contribution is 0.304. The predicted molar refractivity (Wildman–Crippen MR) is 147 cm³/mol. The molecular formula is C27H36BrN3O2S. The molecule has 0 saturated heterocycles. The average Bonchev–Trinajstić information content (AvgIpc) is 3.27. The number of azo groups is 1. The number of ether oxygens (including phenoxy) is 2. The molecule has 0 saturated carbocycles. The second-order valence-electron chi connectivity index (χ2n) is 8.33. The zero-order chi connectivity index (χ0) is 23.8.